The molecule has 2 aromatic rings. The molecular weight excluding hydrogens is 344 g/mol. The lowest BCUT2D eigenvalue weighted by Gasteiger charge is -2.40. The molecule has 0 radical (unpaired) electrons. The molecule has 2 saturated heterocycles. The Bertz CT molecular complexity index is 946. The number of aromatic amines is 1. The summed E-state index contributed by atoms with van der Waals surface area (Å²) in [6, 6.07) is 9.32. The van der Waals surface area contributed by atoms with E-state index in [-0.39, 0.29) is 17.4 Å². The van der Waals surface area contributed by atoms with E-state index in [2.05, 4.69) is 20.5 Å². The Hall–Kier alpha value is -2.67. The molecular formula is C20H24N4O3. The molecule has 27 heavy (non-hydrogen) atoms. The molecule has 0 saturated carbocycles. The molecule has 3 amide bonds. The Balaban J connectivity index is 1.46. The second kappa shape index (κ2) is 6.81. The predicted molar refractivity (Wildman–Crippen MR) is 102 cm³/mol. The first-order valence-electron chi connectivity index (χ1n) is 9.49. The monoisotopic (exact) mass is 368 g/mol. The Labute approximate surface area is 157 Å². The molecule has 0 aliphatic carbocycles. The van der Waals surface area contributed by atoms with E-state index >= 15 is 0 Å². The van der Waals surface area contributed by atoms with Crippen LogP contribution in [0.3, 0.4) is 0 Å². The van der Waals surface area contributed by atoms with Crippen molar-refractivity contribution < 1.29 is 9.59 Å². The van der Waals surface area contributed by atoms with Gasteiger partial charge in [0.2, 0.25) is 0 Å². The number of H-pyrrole nitrogens is 1. The van der Waals surface area contributed by atoms with Gasteiger partial charge in [-0.25, -0.2) is 4.79 Å². The Morgan fingerprint density at radius 3 is 2.56 bits per heavy atom. The highest BCUT2D eigenvalue weighted by atomic mass is 16.2. The second-order valence-corrected chi connectivity index (χ2v) is 7.49. The molecule has 1 aromatic carbocycles. The maximum Gasteiger partial charge on any atom is 0.322 e. The van der Waals surface area contributed by atoms with Gasteiger partial charge in [0, 0.05) is 17.6 Å². The number of piperidine rings is 1. The number of urea groups is 1. The van der Waals surface area contributed by atoms with Crippen molar-refractivity contribution in [3.05, 3.63) is 46.2 Å². The van der Waals surface area contributed by atoms with Gasteiger partial charge >= 0.3 is 6.03 Å². The van der Waals surface area contributed by atoms with Crippen LogP contribution in [-0.2, 0) is 11.3 Å². The van der Waals surface area contributed by atoms with Crippen molar-refractivity contribution in [2.45, 2.75) is 38.3 Å². The van der Waals surface area contributed by atoms with Gasteiger partial charge in [-0.05, 0) is 55.8 Å². The van der Waals surface area contributed by atoms with Gasteiger partial charge in [-0.3, -0.25) is 19.8 Å². The van der Waals surface area contributed by atoms with E-state index in [9.17, 15) is 14.4 Å². The quantitative estimate of drug-likeness (QED) is 0.717. The van der Waals surface area contributed by atoms with Crippen molar-refractivity contribution in [1.29, 1.82) is 0 Å². The minimum Gasteiger partial charge on any atom is -0.323 e. The third kappa shape index (κ3) is 3.12. The van der Waals surface area contributed by atoms with Gasteiger partial charge in [-0.15, -0.1) is 0 Å². The first-order valence-corrected chi connectivity index (χ1v) is 9.49. The van der Waals surface area contributed by atoms with E-state index in [4.69, 9.17) is 0 Å². The highest BCUT2D eigenvalue weighted by Crippen LogP contribution is 2.33. The molecule has 7 heteroatoms. The zero-order valence-electron chi connectivity index (χ0n) is 15.4. The first kappa shape index (κ1) is 17.7. The van der Waals surface area contributed by atoms with E-state index in [0.717, 1.165) is 42.4 Å². The van der Waals surface area contributed by atoms with Crippen LogP contribution >= 0.6 is 0 Å². The lowest BCUT2D eigenvalue weighted by molar-refractivity contribution is -0.126. The van der Waals surface area contributed by atoms with Crippen LogP contribution in [0.5, 0.6) is 0 Å². The molecule has 0 bridgehead atoms. The van der Waals surface area contributed by atoms with Crippen LogP contribution in [0.1, 0.15) is 31.7 Å². The minimum atomic E-state index is -0.788. The second-order valence-electron chi connectivity index (χ2n) is 7.49. The van der Waals surface area contributed by atoms with Crippen LogP contribution < -0.4 is 16.2 Å². The summed E-state index contributed by atoms with van der Waals surface area (Å²) < 4.78 is 0. The van der Waals surface area contributed by atoms with E-state index < -0.39 is 11.6 Å². The Kier molecular flexibility index (Phi) is 4.47. The molecule has 0 spiro atoms. The number of rotatable bonds is 4. The Morgan fingerprint density at radius 1 is 1.15 bits per heavy atom. The maximum absolute atomic E-state index is 12.4. The summed E-state index contributed by atoms with van der Waals surface area (Å²) in [6.07, 6.45) is 2.21. The number of carbonyl (C=O) groups excluding carboxylic acids is 2. The lowest BCUT2D eigenvalue weighted by atomic mass is 9.76. The summed E-state index contributed by atoms with van der Waals surface area (Å²) in [5.74, 6) is -0.0977. The van der Waals surface area contributed by atoms with E-state index in [1.54, 1.807) is 0 Å². The van der Waals surface area contributed by atoms with Crippen molar-refractivity contribution >= 4 is 22.8 Å². The van der Waals surface area contributed by atoms with Gasteiger partial charge in [0.15, 0.2) is 0 Å². The van der Waals surface area contributed by atoms with E-state index in [1.165, 1.54) is 0 Å². The number of pyridine rings is 1. The number of hydrogen-bond donors (Lipinski definition) is 3. The maximum atomic E-state index is 12.4. The molecule has 2 fully saturated rings. The lowest BCUT2D eigenvalue weighted by Crippen LogP contribution is -2.55. The normalized spacial score (nSPS) is 24.2. The Morgan fingerprint density at radius 2 is 1.89 bits per heavy atom. The molecule has 3 heterocycles. The average molecular weight is 368 g/mol. The fraction of sp³-hybridized carbons (Fsp3) is 0.450. The number of nitrogens with zero attached hydrogens (tertiary/aromatic N) is 1. The van der Waals surface area contributed by atoms with Crippen LogP contribution in [0.15, 0.2) is 35.1 Å². The smallest absolute Gasteiger partial charge is 0.322 e. The van der Waals surface area contributed by atoms with Crippen LogP contribution in [0.25, 0.3) is 10.9 Å². The van der Waals surface area contributed by atoms with Gasteiger partial charge in [-0.2, -0.15) is 0 Å². The first-order chi connectivity index (χ1) is 13.0. The number of likely N-dealkylation sites (tertiary alicyclic amines) is 1. The molecule has 1 unspecified atom stereocenters. The number of para-hydroxylation sites is 1. The van der Waals surface area contributed by atoms with Crippen molar-refractivity contribution in [3.63, 3.8) is 0 Å². The van der Waals surface area contributed by atoms with Gasteiger partial charge in [0.25, 0.3) is 11.5 Å². The molecule has 2 aliphatic heterocycles. The molecule has 7 nitrogen and oxygen atoms in total. The highest BCUT2D eigenvalue weighted by Gasteiger charge is 2.50. The summed E-state index contributed by atoms with van der Waals surface area (Å²) in [4.78, 5) is 41.5. The van der Waals surface area contributed by atoms with Crippen LogP contribution in [0, 0.1) is 5.92 Å². The van der Waals surface area contributed by atoms with E-state index in [0.29, 0.717) is 13.0 Å². The molecule has 2 aliphatic rings. The standard InChI is InChI=1S/C20H24N4O3/c1-2-20(18(26)22-19(27)23-20)15-7-9-24(10-8-15)12-14-11-13-5-3-4-6-16(13)21-17(14)25/h3-6,11,15H,2,7-10,12H2,1H3,(H,21,25)(H2,22,23,26,27). The number of aromatic nitrogens is 1. The zero-order chi connectivity index (χ0) is 19.0. The summed E-state index contributed by atoms with van der Waals surface area (Å²) in [6.45, 7) is 4.11. The summed E-state index contributed by atoms with van der Waals surface area (Å²) in [5, 5.41) is 6.27. The van der Waals surface area contributed by atoms with Gasteiger partial charge in [0.05, 0.1) is 0 Å². The SMILES string of the molecule is CCC1(C2CCN(Cc3cc4ccccc4[nH]c3=O)CC2)NC(=O)NC1=O. The predicted octanol–water partition coefficient (Wildman–Crippen LogP) is 1.73. The van der Waals surface area contributed by atoms with Crippen molar-refractivity contribution in [2.75, 3.05) is 13.1 Å². The molecule has 4 rings (SSSR count). The summed E-state index contributed by atoms with van der Waals surface area (Å²) >= 11 is 0. The molecule has 3 N–H and O–H groups in total. The number of fused-ring (bicyclic) bond motifs is 1. The van der Waals surface area contributed by atoms with Crippen molar-refractivity contribution in [2.24, 2.45) is 5.92 Å². The number of amides is 3. The highest BCUT2D eigenvalue weighted by molar-refractivity contribution is 6.07. The summed E-state index contributed by atoms with van der Waals surface area (Å²) in [5.41, 5.74) is 0.759. The van der Waals surface area contributed by atoms with Gasteiger partial charge < -0.3 is 10.3 Å². The summed E-state index contributed by atoms with van der Waals surface area (Å²) in [7, 11) is 0. The number of carbonyl (C=O) groups is 2. The largest absolute Gasteiger partial charge is 0.323 e. The number of nitrogens with one attached hydrogen (secondary N) is 3. The van der Waals surface area contributed by atoms with Crippen molar-refractivity contribution in [3.8, 4) is 0 Å². The number of hydrogen-bond acceptors (Lipinski definition) is 4. The fourth-order valence-electron chi connectivity index (χ4n) is 4.47. The fourth-order valence-corrected chi connectivity index (χ4v) is 4.47. The molecule has 1 aromatic heterocycles. The van der Waals surface area contributed by atoms with Crippen molar-refractivity contribution in [1.82, 2.24) is 20.5 Å². The third-order valence-electron chi connectivity index (χ3n) is 6.04. The molecule has 1 atom stereocenters. The minimum absolute atomic E-state index is 0.0525. The van der Waals surface area contributed by atoms with Crippen LogP contribution in [0.4, 0.5) is 4.79 Å². The van der Waals surface area contributed by atoms with Gasteiger partial charge in [-0.1, -0.05) is 25.1 Å². The third-order valence-corrected chi connectivity index (χ3v) is 6.04. The number of benzene rings is 1. The molecule has 142 valence electrons. The topological polar surface area (TPSA) is 94.3 Å². The number of imide groups is 1. The average Bonchev–Trinajstić information content (AvgIpc) is 2.97. The van der Waals surface area contributed by atoms with E-state index in [1.807, 2.05) is 37.3 Å². The van der Waals surface area contributed by atoms with Crippen LogP contribution in [-0.4, -0.2) is 40.5 Å². The zero-order valence-corrected chi connectivity index (χ0v) is 15.4. The van der Waals surface area contributed by atoms with Crippen LogP contribution in [0.2, 0.25) is 0 Å². The van der Waals surface area contributed by atoms with Gasteiger partial charge in [0.1, 0.15) is 5.54 Å².